The monoisotopic (exact) mass is 303 g/mol. The summed E-state index contributed by atoms with van der Waals surface area (Å²) in [6, 6.07) is 7.75. The highest BCUT2D eigenvalue weighted by atomic mass is 16.1. The van der Waals surface area contributed by atoms with Crippen LogP contribution in [0, 0.1) is 0 Å². The number of carbonyl (C=O) groups excluding carboxylic acids is 1. The van der Waals surface area contributed by atoms with Gasteiger partial charge in [0.15, 0.2) is 0 Å². The number of likely N-dealkylation sites (tertiary alicyclic amines) is 1. The average molecular weight is 303 g/mol. The second-order valence-corrected chi connectivity index (χ2v) is 6.31. The average Bonchev–Trinajstić information content (AvgIpc) is 2.55. The first kappa shape index (κ1) is 16.8. The summed E-state index contributed by atoms with van der Waals surface area (Å²) >= 11 is 0. The van der Waals surface area contributed by atoms with Gasteiger partial charge in [0, 0.05) is 31.9 Å². The molecule has 1 N–H and O–H groups in total. The Kier molecular flexibility index (Phi) is 6.72. The topological polar surface area (TPSA) is 35.6 Å². The lowest BCUT2D eigenvalue weighted by Gasteiger charge is -2.26. The maximum absolute atomic E-state index is 12.1. The fourth-order valence-electron chi connectivity index (χ4n) is 2.87. The second kappa shape index (κ2) is 8.79. The smallest absolute Gasteiger partial charge is 0.251 e. The highest BCUT2D eigenvalue weighted by Gasteiger charge is 2.09. The summed E-state index contributed by atoms with van der Waals surface area (Å²) in [5.74, 6) is 0.0293. The molecule has 0 radical (unpaired) electrons. The molecule has 0 unspecified atom stereocenters. The minimum absolute atomic E-state index is 0.0293. The minimum Gasteiger partial charge on any atom is -0.378 e. The van der Waals surface area contributed by atoms with E-state index in [0.717, 1.165) is 30.6 Å². The number of anilines is 1. The number of hydrogen-bond donors (Lipinski definition) is 1. The van der Waals surface area contributed by atoms with Gasteiger partial charge in [0.1, 0.15) is 0 Å². The van der Waals surface area contributed by atoms with Crippen molar-refractivity contribution in [2.75, 3.05) is 45.2 Å². The molecule has 2 rings (SSSR count). The third kappa shape index (κ3) is 5.34. The van der Waals surface area contributed by atoms with E-state index in [2.05, 4.69) is 10.2 Å². The highest BCUT2D eigenvalue weighted by molar-refractivity contribution is 5.95. The summed E-state index contributed by atoms with van der Waals surface area (Å²) in [5, 5.41) is 3.03. The van der Waals surface area contributed by atoms with Gasteiger partial charge in [0.05, 0.1) is 0 Å². The molecule has 4 nitrogen and oxygen atoms in total. The Morgan fingerprint density at radius 2 is 1.95 bits per heavy atom. The van der Waals surface area contributed by atoms with Crippen molar-refractivity contribution in [3.8, 4) is 0 Å². The number of nitrogens with one attached hydrogen (secondary N) is 1. The maximum atomic E-state index is 12.1. The molecule has 0 aromatic heterocycles. The number of nitrogens with zero attached hydrogens (tertiary/aromatic N) is 2. The Hall–Kier alpha value is -1.55. The number of hydrogen-bond acceptors (Lipinski definition) is 3. The zero-order valence-electron chi connectivity index (χ0n) is 14.0. The predicted molar refractivity (Wildman–Crippen MR) is 92.6 cm³/mol. The largest absolute Gasteiger partial charge is 0.378 e. The highest BCUT2D eigenvalue weighted by Crippen LogP contribution is 2.13. The Balaban J connectivity index is 1.66. The summed E-state index contributed by atoms with van der Waals surface area (Å²) in [6.07, 6.45) is 6.30. The van der Waals surface area contributed by atoms with Gasteiger partial charge >= 0.3 is 0 Å². The van der Waals surface area contributed by atoms with Crippen molar-refractivity contribution in [1.29, 1.82) is 0 Å². The molecular weight excluding hydrogens is 274 g/mol. The van der Waals surface area contributed by atoms with Gasteiger partial charge < -0.3 is 15.1 Å². The zero-order valence-corrected chi connectivity index (χ0v) is 14.0. The third-order valence-electron chi connectivity index (χ3n) is 4.26. The predicted octanol–water partition coefficient (Wildman–Crippen LogP) is 2.75. The van der Waals surface area contributed by atoms with Gasteiger partial charge in [-0.2, -0.15) is 0 Å². The Morgan fingerprint density at radius 3 is 2.68 bits per heavy atom. The van der Waals surface area contributed by atoms with Crippen LogP contribution in [0.5, 0.6) is 0 Å². The zero-order chi connectivity index (χ0) is 15.8. The van der Waals surface area contributed by atoms with E-state index >= 15 is 0 Å². The van der Waals surface area contributed by atoms with E-state index in [1.165, 1.54) is 38.9 Å². The van der Waals surface area contributed by atoms with Gasteiger partial charge in [-0.3, -0.25) is 4.79 Å². The molecule has 0 aliphatic carbocycles. The first-order valence-electron chi connectivity index (χ1n) is 8.45. The van der Waals surface area contributed by atoms with E-state index in [0.29, 0.717) is 0 Å². The Morgan fingerprint density at radius 1 is 1.18 bits per heavy atom. The minimum atomic E-state index is 0.0293. The fourth-order valence-corrected chi connectivity index (χ4v) is 2.87. The standard InChI is InChI=1S/C18H29N3O/c1-20(2)17-10-8-9-16(15-17)18(22)19-11-4-7-14-21-12-5-3-6-13-21/h8-10,15H,3-7,11-14H2,1-2H3,(H,19,22). The molecule has 122 valence electrons. The van der Waals surface area contributed by atoms with E-state index < -0.39 is 0 Å². The summed E-state index contributed by atoms with van der Waals surface area (Å²) < 4.78 is 0. The van der Waals surface area contributed by atoms with Crippen molar-refractivity contribution in [2.45, 2.75) is 32.1 Å². The molecule has 1 aromatic rings. The van der Waals surface area contributed by atoms with Crippen LogP contribution in [0.1, 0.15) is 42.5 Å². The van der Waals surface area contributed by atoms with Gasteiger partial charge in [-0.05, 0) is 63.5 Å². The molecule has 1 fully saturated rings. The molecule has 1 aliphatic rings. The third-order valence-corrected chi connectivity index (χ3v) is 4.26. The van der Waals surface area contributed by atoms with E-state index in [4.69, 9.17) is 0 Å². The van der Waals surface area contributed by atoms with Crippen LogP contribution >= 0.6 is 0 Å². The van der Waals surface area contributed by atoms with Gasteiger partial charge in [-0.1, -0.05) is 12.5 Å². The van der Waals surface area contributed by atoms with Crippen LogP contribution < -0.4 is 10.2 Å². The summed E-state index contributed by atoms with van der Waals surface area (Å²) in [7, 11) is 3.97. The molecule has 1 aromatic carbocycles. The Bertz CT molecular complexity index is 467. The van der Waals surface area contributed by atoms with Crippen LogP contribution in [-0.4, -0.2) is 51.1 Å². The van der Waals surface area contributed by atoms with Crippen molar-refractivity contribution in [2.24, 2.45) is 0 Å². The molecule has 0 saturated carbocycles. The lowest BCUT2D eigenvalue weighted by molar-refractivity contribution is 0.0952. The quantitative estimate of drug-likeness (QED) is 0.787. The normalized spacial score (nSPS) is 15.5. The van der Waals surface area contributed by atoms with Gasteiger partial charge in [0.2, 0.25) is 0 Å². The van der Waals surface area contributed by atoms with Crippen LogP contribution in [0.15, 0.2) is 24.3 Å². The molecule has 1 heterocycles. The van der Waals surface area contributed by atoms with Gasteiger partial charge in [0.25, 0.3) is 5.91 Å². The molecule has 0 atom stereocenters. The molecule has 1 amide bonds. The number of amides is 1. The van der Waals surface area contributed by atoms with Crippen molar-refractivity contribution in [3.05, 3.63) is 29.8 Å². The van der Waals surface area contributed by atoms with Gasteiger partial charge in [-0.25, -0.2) is 0 Å². The summed E-state index contributed by atoms with van der Waals surface area (Å²) in [6.45, 7) is 4.44. The Labute approximate surface area is 134 Å². The molecular formula is C18H29N3O. The maximum Gasteiger partial charge on any atom is 0.251 e. The molecule has 1 saturated heterocycles. The van der Waals surface area contributed by atoms with Crippen LogP contribution in [-0.2, 0) is 0 Å². The number of carbonyl (C=O) groups is 1. The van der Waals surface area contributed by atoms with Crippen LogP contribution in [0.25, 0.3) is 0 Å². The van der Waals surface area contributed by atoms with Crippen molar-refractivity contribution in [1.82, 2.24) is 10.2 Å². The van der Waals surface area contributed by atoms with Crippen LogP contribution in [0.3, 0.4) is 0 Å². The van der Waals surface area contributed by atoms with Crippen molar-refractivity contribution >= 4 is 11.6 Å². The number of unbranched alkanes of at least 4 members (excludes halogenated alkanes) is 1. The molecule has 0 spiro atoms. The van der Waals surface area contributed by atoms with Gasteiger partial charge in [-0.15, -0.1) is 0 Å². The van der Waals surface area contributed by atoms with E-state index in [1.54, 1.807) is 0 Å². The molecule has 22 heavy (non-hydrogen) atoms. The fraction of sp³-hybridized carbons (Fsp3) is 0.611. The number of piperidine rings is 1. The van der Waals surface area contributed by atoms with Crippen LogP contribution in [0.4, 0.5) is 5.69 Å². The first-order chi connectivity index (χ1) is 10.7. The van der Waals surface area contributed by atoms with E-state index in [1.807, 2.05) is 43.3 Å². The lowest BCUT2D eigenvalue weighted by atomic mass is 10.1. The van der Waals surface area contributed by atoms with Crippen molar-refractivity contribution < 1.29 is 4.79 Å². The first-order valence-corrected chi connectivity index (χ1v) is 8.45. The number of benzene rings is 1. The molecule has 0 bridgehead atoms. The molecule has 1 aliphatic heterocycles. The second-order valence-electron chi connectivity index (χ2n) is 6.31. The van der Waals surface area contributed by atoms with E-state index in [9.17, 15) is 4.79 Å². The molecule has 4 heteroatoms. The van der Waals surface area contributed by atoms with E-state index in [-0.39, 0.29) is 5.91 Å². The van der Waals surface area contributed by atoms with Crippen molar-refractivity contribution in [3.63, 3.8) is 0 Å². The summed E-state index contributed by atoms with van der Waals surface area (Å²) in [4.78, 5) is 16.7. The summed E-state index contributed by atoms with van der Waals surface area (Å²) in [5.41, 5.74) is 1.79. The lowest BCUT2D eigenvalue weighted by Crippen LogP contribution is -2.31. The van der Waals surface area contributed by atoms with Crippen LogP contribution in [0.2, 0.25) is 0 Å². The SMILES string of the molecule is CN(C)c1cccc(C(=O)NCCCCN2CCCCC2)c1. The number of rotatable bonds is 7.